The molecule has 18 heavy (non-hydrogen) atoms. The van der Waals surface area contributed by atoms with Crippen LogP contribution in [-0.2, 0) is 9.53 Å². The zero-order chi connectivity index (χ0) is 12.7. The van der Waals surface area contributed by atoms with E-state index in [1.165, 1.54) is 0 Å². The number of hydrogen-bond acceptors (Lipinski definition) is 5. The summed E-state index contributed by atoms with van der Waals surface area (Å²) in [7, 11) is 1.54. The molecule has 0 spiro atoms. The molecule has 2 unspecified atom stereocenters. The normalized spacial score (nSPS) is 25.9. The molecule has 3 rings (SSSR count). The summed E-state index contributed by atoms with van der Waals surface area (Å²) in [5.41, 5.74) is 0.857. The lowest BCUT2D eigenvalue weighted by Crippen LogP contribution is -2.40. The van der Waals surface area contributed by atoms with Gasteiger partial charge in [0.2, 0.25) is 11.8 Å². The Morgan fingerprint density at radius 1 is 1.61 bits per heavy atom. The van der Waals surface area contributed by atoms with Gasteiger partial charge in [-0.05, 0) is 0 Å². The van der Waals surface area contributed by atoms with E-state index in [1.807, 2.05) is 6.92 Å². The van der Waals surface area contributed by atoms with Gasteiger partial charge in [-0.2, -0.15) is 4.98 Å². The van der Waals surface area contributed by atoms with Gasteiger partial charge >= 0.3 is 0 Å². The number of nitrogens with zero attached hydrogens (tertiary/aromatic N) is 3. The third kappa shape index (κ3) is 1.92. The van der Waals surface area contributed by atoms with Crippen LogP contribution in [0.3, 0.4) is 0 Å². The first-order valence-electron chi connectivity index (χ1n) is 6.02. The van der Waals surface area contributed by atoms with Gasteiger partial charge in [0, 0.05) is 12.3 Å². The molecule has 1 saturated heterocycles. The van der Waals surface area contributed by atoms with Crippen LogP contribution in [0.5, 0.6) is 5.88 Å². The lowest BCUT2D eigenvalue weighted by atomic mass is 9.98. The van der Waals surface area contributed by atoms with Crippen molar-refractivity contribution >= 4 is 11.7 Å². The molecule has 2 atom stereocenters. The zero-order valence-corrected chi connectivity index (χ0v) is 10.4. The molecule has 2 aliphatic heterocycles. The molecule has 6 nitrogen and oxygen atoms in total. The number of ether oxygens (including phenoxy) is 2. The van der Waals surface area contributed by atoms with E-state index in [1.54, 1.807) is 18.2 Å². The highest BCUT2D eigenvalue weighted by Gasteiger charge is 2.36. The maximum atomic E-state index is 12.1. The maximum Gasteiger partial charge on any atom is 0.234 e. The zero-order valence-electron chi connectivity index (χ0n) is 10.4. The number of carbonyl (C=O) groups excluding carboxylic acids is 1. The van der Waals surface area contributed by atoms with Crippen LogP contribution in [0.2, 0.25) is 0 Å². The van der Waals surface area contributed by atoms with Crippen LogP contribution in [0.15, 0.2) is 6.20 Å². The monoisotopic (exact) mass is 249 g/mol. The van der Waals surface area contributed by atoms with Crippen LogP contribution < -0.4 is 9.64 Å². The van der Waals surface area contributed by atoms with Crippen molar-refractivity contribution in [3.8, 4) is 5.88 Å². The summed E-state index contributed by atoms with van der Waals surface area (Å²) >= 11 is 0. The van der Waals surface area contributed by atoms with Crippen LogP contribution in [0.25, 0.3) is 0 Å². The van der Waals surface area contributed by atoms with Gasteiger partial charge in [0.1, 0.15) is 0 Å². The Kier molecular flexibility index (Phi) is 2.66. The molecule has 0 N–H and O–H groups in total. The summed E-state index contributed by atoms with van der Waals surface area (Å²) in [5, 5.41) is 0. The van der Waals surface area contributed by atoms with Crippen molar-refractivity contribution in [3.63, 3.8) is 0 Å². The fourth-order valence-corrected chi connectivity index (χ4v) is 2.17. The largest absolute Gasteiger partial charge is 0.480 e. The van der Waals surface area contributed by atoms with Crippen molar-refractivity contribution in [2.75, 3.05) is 25.2 Å². The molecular weight excluding hydrogens is 234 g/mol. The Hall–Kier alpha value is -1.69. The molecule has 0 aromatic carbocycles. The second-order valence-corrected chi connectivity index (χ2v) is 4.69. The molecule has 1 aromatic rings. The minimum atomic E-state index is 0.0769. The molecule has 96 valence electrons. The molecule has 1 aromatic heterocycles. The Bertz CT molecular complexity index is 487. The van der Waals surface area contributed by atoms with Gasteiger partial charge in [-0.25, -0.2) is 0 Å². The standard InChI is InChI=1S/C12H15N3O3/c1-7-3-10(16)15(5-8-6-18-8)12-11(7)13-4-9(14-12)17-2/h4,7-8H,3,5-6H2,1-2H3. The summed E-state index contributed by atoms with van der Waals surface area (Å²) in [5.74, 6) is 1.22. The second kappa shape index (κ2) is 4.20. The average Bonchev–Trinajstić information content (AvgIpc) is 3.17. The Labute approximate surface area is 105 Å². The molecule has 6 heteroatoms. The van der Waals surface area contributed by atoms with Crippen LogP contribution >= 0.6 is 0 Å². The predicted molar refractivity (Wildman–Crippen MR) is 63.7 cm³/mol. The van der Waals surface area contributed by atoms with Crippen LogP contribution in [0.4, 0.5) is 5.82 Å². The molecule has 1 amide bonds. The number of rotatable bonds is 3. The van der Waals surface area contributed by atoms with Crippen LogP contribution in [0.1, 0.15) is 25.0 Å². The molecule has 0 bridgehead atoms. The van der Waals surface area contributed by atoms with Gasteiger partial charge in [-0.1, -0.05) is 6.92 Å². The molecule has 0 saturated carbocycles. The minimum Gasteiger partial charge on any atom is -0.480 e. The van der Waals surface area contributed by atoms with E-state index >= 15 is 0 Å². The van der Waals surface area contributed by atoms with Crippen LogP contribution in [0, 0.1) is 0 Å². The minimum absolute atomic E-state index is 0.0769. The number of carbonyl (C=O) groups is 1. The van der Waals surface area contributed by atoms with Crippen molar-refractivity contribution in [1.29, 1.82) is 0 Å². The number of aromatic nitrogens is 2. The van der Waals surface area contributed by atoms with Crippen LogP contribution in [-0.4, -0.2) is 42.2 Å². The summed E-state index contributed by atoms with van der Waals surface area (Å²) < 4.78 is 10.3. The lowest BCUT2D eigenvalue weighted by Gasteiger charge is -2.30. The van der Waals surface area contributed by atoms with E-state index in [4.69, 9.17) is 9.47 Å². The fourth-order valence-electron chi connectivity index (χ4n) is 2.17. The fraction of sp³-hybridized carbons (Fsp3) is 0.583. The Morgan fingerprint density at radius 3 is 3.06 bits per heavy atom. The van der Waals surface area contributed by atoms with Crippen molar-refractivity contribution in [3.05, 3.63) is 11.9 Å². The highest BCUT2D eigenvalue weighted by molar-refractivity contribution is 5.95. The van der Waals surface area contributed by atoms with Gasteiger partial charge in [0.15, 0.2) is 5.82 Å². The number of amides is 1. The van der Waals surface area contributed by atoms with Gasteiger partial charge in [-0.3, -0.25) is 14.7 Å². The van der Waals surface area contributed by atoms with Gasteiger partial charge in [-0.15, -0.1) is 0 Å². The van der Waals surface area contributed by atoms with Gasteiger partial charge < -0.3 is 9.47 Å². The SMILES string of the molecule is COc1cnc2c(n1)N(CC1CO1)C(=O)CC2C. The van der Waals surface area contributed by atoms with E-state index in [2.05, 4.69) is 9.97 Å². The first-order chi connectivity index (χ1) is 8.69. The molecule has 1 fully saturated rings. The number of fused-ring (bicyclic) bond motifs is 1. The van der Waals surface area contributed by atoms with Gasteiger partial charge in [0.05, 0.1) is 38.3 Å². The van der Waals surface area contributed by atoms with E-state index in [0.29, 0.717) is 31.3 Å². The summed E-state index contributed by atoms with van der Waals surface area (Å²) in [6.07, 6.45) is 2.21. The molecule has 2 aliphatic rings. The summed E-state index contributed by atoms with van der Waals surface area (Å²) in [4.78, 5) is 22.5. The first-order valence-corrected chi connectivity index (χ1v) is 6.02. The number of anilines is 1. The topological polar surface area (TPSA) is 67.9 Å². The van der Waals surface area contributed by atoms with E-state index in [9.17, 15) is 4.79 Å². The van der Waals surface area contributed by atoms with Crippen molar-refractivity contribution < 1.29 is 14.3 Å². The maximum absolute atomic E-state index is 12.1. The molecule has 3 heterocycles. The van der Waals surface area contributed by atoms with E-state index in [0.717, 1.165) is 5.69 Å². The third-order valence-corrected chi connectivity index (χ3v) is 3.26. The Balaban J connectivity index is 1.99. The predicted octanol–water partition coefficient (Wildman–Crippen LogP) is 0.724. The number of methoxy groups -OCH3 is 1. The lowest BCUT2D eigenvalue weighted by molar-refractivity contribution is -0.119. The summed E-state index contributed by atoms with van der Waals surface area (Å²) in [6.45, 7) is 3.26. The quantitative estimate of drug-likeness (QED) is 0.738. The highest BCUT2D eigenvalue weighted by Crippen LogP contribution is 2.34. The van der Waals surface area contributed by atoms with Crippen molar-refractivity contribution in [2.45, 2.75) is 25.4 Å². The average molecular weight is 249 g/mol. The third-order valence-electron chi connectivity index (χ3n) is 3.26. The van der Waals surface area contributed by atoms with Crippen molar-refractivity contribution in [2.24, 2.45) is 0 Å². The number of hydrogen-bond donors (Lipinski definition) is 0. The highest BCUT2D eigenvalue weighted by atomic mass is 16.6. The second-order valence-electron chi connectivity index (χ2n) is 4.69. The molecule has 0 aliphatic carbocycles. The molecule has 0 radical (unpaired) electrons. The molecular formula is C12H15N3O3. The first kappa shape index (κ1) is 11.4. The number of epoxide rings is 1. The smallest absolute Gasteiger partial charge is 0.234 e. The Morgan fingerprint density at radius 2 is 2.39 bits per heavy atom. The van der Waals surface area contributed by atoms with E-state index < -0.39 is 0 Å². The van der Waals surface area contributed by atoms with Gasteiger partial charge in [0.25, 0.3) is 0 Å². The van der Waals surface area contributed by atoms with Crippen molar-refractivity contribution in [1.82, 2.24) is 9.97 Å². The summed E-state index contributed by atoms with van der Waals surface area (Å²) in [6, 6.07) is 0. The van der Waals surface area contributed by atoms with E-state index in [-0.39, 0.29) is 17.9 Å².